The molecule has 124 valence electrons. The fraction of sp³-hybridized carbons (Fsp3) is 0.667. The van der Waals surface area contributed by atoms with Crippen LogP contribution in [0.3, 0.4) is 0 Å². The van der Waals surface area contributed by atoms with Crippen LogP contribution in [0.15, 0.2) is 18.2 Å². The molecule has 1 fully saturated rings. The third kappa shape index (κ3) is 4.89. The lowest BCUT2D eigenvalue weighted by Gasteiger charge is -2.32. The van der Waals surface area contributed by atoms with E-state index in [1.165, 1.54) is 6.42 Å². The van der Waals surface area contributed by atoms with Gasteiger partial charge < -0.3 is 19.9 Å². The maximum atomic E-state index is 10.5. The maximum Gasteiger partial charge on any atom is 0.161 e. The van der Waals surface area contributed by atoms with Gasteiger partial charge in [-0.2, -0.15) is 0 Å². The van der Waals surface area contributed by atoms with E-state index < -0.39 is 5.60 Å². The smallest absolute Gasteiger partial charge is 0.161 e. The van der Waals surface area contributed by atoms with Gasteiger partial charge in [-0.25, -0.2) is 0 Å². The second kappa shape index (κ2) is 8.39. The number of hydrogen-bond acceptors (Lipinski definition) is 4. The van der Waals surface area contributed by atoms with Gasteiger partial charge in [0.1, 0.15) is 0 Å². The topological polar surface area (TPSA) is 50.7 Å². The average Bonchev–Trinajstić information content (AvgIpc) is 2.51. The Kier molecular flexibility index (Phi) is 6.52. The Morgan fingerprint density at radius 3 is 2.41 bits per heavy atom. The Labute approximate surface area is 133 Å². The van der Waals surface area contributed by atoms with Crippen molar-refractivity contribution in [2.24, 2.45) is 0 Å². The monoisotopic (exact) mass is 307 g/mol. The second-order valence-electron chi connectivity index (χ2n) is 6.04. The molecule has 0 radical (unpaired) electrons. The molecule has 0 atom stereocenters. The SMILES string of the molecule is CCOc1ccc(CNCC2(O)CCCCC2)cc1OCC. The van der Waals surface area contributed by atoms with Crippen LogP contribution in [0.25, 0.3) is 0 Å². The van der Waals surface area contributed by atoms with Crippen LogP contribution < -0.4 is 14.8 Å². The zero-order valence-corrected chi connectivity index (χ0v) is 13.9. The fourth-order valence-corrected chi connectivity index (χ4v) is 3.03. The highest BCUT2D eigenvalue weighted by Gasteiger charge is 2.28. The van der Waals surface area contributed by atoms with Crippen molar-refractivity contribution in [2.75, 3.05) is 19.8 Å². The van der Waals surface area contributed by atoms with E-state index in [0.717, 1.165) is 49.3 Å². The van der Waals surface area contributed by atoms with Gasteiger partial charge in [0.05, 0.1) is 18.8 Å². The maximum absolute atomic E-state index is 10.5. The lowest BCUT2D eigenvalue weighted by Crippen LogP contribution is -2.41. The van der Waals surface area contributed by atoms with E-state index in [1.54, 1.807) is 0 Å². The molecular weight excluding hydrogens is 278 g/mol. The highest BCUT2D eigenvalue weighted by atomic mass is 16.5. The first kappa shape index (κ1) is 17.1. The molecule has 1 aliphatic carbocycles. The Morgan fingerprint density at radius 2 is 1.73 bits per heavy atom. The van der Waals surface area contributed by atoms with E-state index in [1.807, 2.05) is 32.0 Å². The van der Waals surface area contributed by atoms with Crippen molar-refractivity contribution in [3.8, 4) is 11.5 Å². The third-order valence-corrected chi connectivity index (χ3v) is 4.18. The Hall–Kier alpha value is -1.26. The summed E-state index contributed by atoms with van der Waals surface area (Å²) in [5.41, 5.74) is 0.623. The molecule has 0 heterocycles. The lowest BCUT2D eigenvalue weighted by atomic mass is 9.85. The van der Waals surface area contributed by atoms with Gasteiger partial charge in [-0.15, -0.1) is 0 Å². The van der Waals surface area contributed by atoms with Crippen molar-refractivity contribution in [1.82, 2.24) is 5.32 Å². The van der Waals surface area contributed by atoms with Crippen LogP contribution in [0, 0.1) is 0 Å². The zero-order chi connectivity index (χ0) is 15.8. The lowest BCUT2D eigenvalue weighted by molar-refractivity contribution is 0.00467. The summed E-state index contributed by atoms with van der Waals surface area (Å²) < 4.78 is 11.2. The number of hydrogen-bond donors (Lipinski definition) is 2. The van der Waals surface area contributed by atoms with Crippen LogP contribution in [-0.2, 0) is 6.54 Å². The normalized spacial score (nSPS) is 17.2. The van der Waals surface area contributed by atoms with Crippen LogP contribution in [0.1, 0.15) is 51.5 Å². The first-order chi connectivity index (χ1) is 10.7. The summed E-state index contributed by atoms with van der Waals surface area (Å²) >= 11 is 0. The van der Waals surface area contributed by atoms with E-state index in [4.69, 9.17) is 9.47 Å². The minimum atomic E-state index is -0.522. The number of benzene rings is 1. The summed E-state index contributed by atoms with van der Waals surface area (Å²) in [6.07, 6.45) is 5.34. The summed E-state index contributed by atoms with van der Waals surface area (Å²) in [5, 5.41) is 13.9. The van der Waals surface area contributed by atoms with Crippen LogP contribution in [0.4, 0.5) is 0 Å². The number of rotatable bonds is 8. The summed E-state index contributed by atoms with van der Waals surface area (Å²) in [5.74, 6) is 1.58. The minimum Gasteiger partial charge on any atom is -0.490 e. The summed E-state index contributed by atoms with van der Waals surface area (Å²) in [6.45, 7) is 6.58. The minimum absolute atomic E-state index is 0.522. The molecular formula is C18H29NO3. The van der Waals surface area contributed by atoms with Gasteiger partial charge in [0.25, 0.3) is 0 Å². The highest BCUT2D eigenvalue weighted by molar-refractivity contribution is 5.43. The molecule has 22 heavy (non-hydrogen) atoms. The molecule has 0 aliphatic heterocycles. The van der Waals surface area contributed by atoms with Crippen molar-refractivity contribution in [2.45, 2.75) is 58.1 Å². The van der Waals surface area contributed by atoms with Gasteiger partial charge in [0, 0.05) is 13.1 Å². The van der Waals surface area contributed by atoms with E-state index in [9.17, 15) is 5.11 Å². The van der Waals surface area contributed by atoms with Crippen LogP contribution in [0.5, 0.6) is 11.5 Å². The molecule has 2 rings (SSSR count). The molecule has 0 spiro atoms. The largest absolute Gasteiger partial charge is 0.490 e. The predicted octanol–water partition coefficient (Wildman–Crippen LogP) is 3.27. The van der Waals surface area contributed by atoms with E-state index >= 15 is 0 Å². The Balaban J connectivity index is 1.90. The Morgan fingerprint density at radius 1 is 1.05 bits per heavy atom. The molecule has 0 bridgehead atoms. The predicted molar refractivity (Wildman–Crippen MR) is 88.5 cm³/mol. The first-order valence-electron chi connectivity index (χ1n) is 8.48. The molecule has 1 aromatic rings. The van der Waals surface area contributed by atoms with Crippen LogP contribution in [0.2, 0.25) is 0 Å². The molecule has 0 saturated heterocycles. The van der Waals surface area contributed by atoms with Crippen molar-refractivity contribution in [3.05, 3.63) is 23.8 Å². The van der Waals surface area contributed by atoms with E-state index in [-0.39, 0.29) is 0 Å². The quantitative estimate of drug-likeness (QED) is 0.774. The molecule has 2 N–H and O–H groups in total. The third-order valence-electron chi connectivity index (χ3n) is 4.18. The van der Waals surface area contributed by atoms with Crippen LogP contribution in [-0.4, -0.2) is 30.5 Å². The number of nitrogens with one attached hydrogen (secondary N) is 1. The molecule has 0 unspecified atom stereocenters. The molecule has 4 heteroatoms. The molecule has 1 aromatic carbocycles. The number of ether oxygens (including phenoxy) is 2. The summed E-state index contributed by atoms with van der Waals surface area (Å²) in [6, 6.07) is 6.03. The molecule has 1 aliphatic rings. The van der Waals surface area contributed by atoms with E-state index in [0.29, 0.717) is 19.8 Å². The van der Waals surface area contributed by atoms with Gasteiger partial charge in [-0.1, -0.05) is 25.3 Å². The highest BCUT2D eigenvalue weighted by Crippen LogP contribution is 2.29. The summed E-state index contributed by atoms with van der Waals surface area (Å²) in [4.78, 5) is 0. The fourth-order valence-electron chi connectivity index (χ4n) is 3.03. The zero-order valence-electron chi connectivity index (χ0n) is 13.9. The van der Waals surface area contributed by atoms with E-state index in [2.05, 4.69) is 5.32 Å². The Bertz CT molecular complexity index is 456. The van der Waals surface area contributed by atoms with Gasteiger partial charge in [0.2, 0.25) is 0 Å². The van der Waals surface area contributed by atoms with Crippen LogP contribution >= 0.6 is 0 Å². The van der Waals surface area contributed by atoms with Crippen molar-refractivity contribution in [3.63, 3.8) is 0 Å². The number of aliphatic hydroxyl groups is 1. The standard InChI is InChI=1S/C18H29NO3/c1-3-21-16-9-8-15(12-17(16)22-4-2)13-19-14-18(20)10-6-5-7-11-18/h8-9,12,19-20H,3-7,10-11,13-14H2,1-2H3. The molecule has 0 amide bonds. The average molecular weight is 307 g/mol. The van der Waals surface area contributed by atoms with Gasteiger partial charge in [-0.3, -0.25) is 0 Å². The van der Waals surface area contributed by atoms with Gasteiger partial charge in [0.15, 0.2) is 11.5 Å². The first-order valence-corrected chi connectivity index (χ1v) is 8.48. The van der Waals surface area contributed by atoms with Crippen molar-refractivity contribution < 1.29 is 14.6 Å². The van der Waals surface area contributed by atoms with Gasteiger partial charge >= 0.3 is 0 Å². The molecule has 4 nitrogen and oxygen atoms in total. The summed E-state index contributed by atoms with van der Waals surface area (Å²) in [7, 11) is 0. The molecule has 1 saturated carbocycles. The van der Waals surface area contributed by atoms with Gasteiger partial charge in [-0.05, 0) is 44.4 Å². The van der Waals surface area contributed by atoms with Crippen molar-refractivity contribution >= 4 is 0 Å². The molecule has 0 aromatic heterocycles. The second-order valence-corrected chi connectivity index (χ2v) is 6.04. The van der Waals surface area contributed by atoms with Crippen molar-refractivity contribution in [1.29, 1.82) is 0 Å².